The molecule has 0 atom stereocenters. The molecule has 1 fully saturated rings. The van der Waals surface area contributed by atoms with Crippen molar-refractivity contribution in [2.24, 2.45) is 5.92 Å². The van der Waals surface area contributed by atoms with E-state index in [1.165, 1.54) is 12.1 Å². The second kappa shape index (κ2) is 7.67. The fourth-order valence-corrected chi connectivity index (χ4v) is 2.79. The Morgan fingerprint density at radius 3 is 2.56 bits per heavy atom. The first kappa shape index (κ1) is 19.0. The Hall–Kier alpha value is -2.38. The van der Waals surface area contributed by atoms with E-state index in [0.29, 0.717) is 31.2 Å². The Morgan fingerprint density at radius 2 is 2.04 bits per heavy atom. The number of carbonyl (C=O) groups excluding carboxylic acids is 1. The van der Waals surface area contributed by atoms with E-state index in [0.717, 1.165) is 18.9 Å². The van der Waals surface area contributed by atoms with Crippen LogP contribution in [0.25, 0.3) is 0 Å². The first-order valence-electron chi connectivity index (χ1n) is 8.31. The van der Waals surface area contributed by atoms with Crippen LogP contribution in [0, 0.1) is 21.8 Å². The molecule has 1 heterocycles. The molecule has 1 amide bonds. The number of nitro groups is 1. The van der Waals surface area contributed by atoms with Gasteiger partial charge in [0.05, 0.1) is 16.7 Å². The molecule has 1 aromatic carbocycles. The number of non-ortho nitro benzene ring substituents is 1. The Labute approximate surface area is 146 Å². The number of hydrogen-bond donors (Lipinski definition) is 1. The van der Waals surface area contributed by atoms with Crippen LogP contribution < -0.4 is 10.2 Å². The quantitative estimate of drug-likeness (QED) is 0.662. The molecule has 0 bridgehead atoms. The van der Waals surface area contributed by atoms with Gasteiger partial charge in [-0.1, -0.05) is 0 Å². The van der Waals surface area contributed by atoms with Gasteiger partial charge in [-0.2, -0.15) is 0 Å². The Morgan fingerprint density at radius 1 is 1.40 bits per heavy atom. The lowest BCUT2D eigenvalue weighted by molar-refractivity contribution is -0.385. The number of carbonyl (C=O) groups is 1. The van der Waals surface area contributed by atoms with Gasteiger partial charge in [0.15, 0.2) is 5.82 Å². The van der Waals surface area contributed by atoms with Gasteiger partial charge in [0.25, 0.3) is 5.69 Å². The second-order valence-corrected chi connectivity index (χ2v) is 7.21. The highest BCUT2D eigenvalue weighted by Gasteiger charge is 2.24. The van der Waals surface area contributed by atoms with Crippen LogP contribution in [0.2, 0.25) is 0 Å². The number of halogens is 1. The first-order chi connectivity index (χ1) is 11.7. The van der Waals surface area contributed by atoms with Gasteiger partial charge in [0.1, 0.15) is 5.60 Å². The maximum Gasteiger partial charge on any atom is 0.407 e. The largest absolute Gasteiger partial charge is 0.444 e. The molecule has 25 heavy (non-hydrogen) atoms. The predicted molar refractivity (Wildman–Crippen MR) is 92.2 cm³/mol. The van der Waals surface area contributed by atoms with Crippen molar-refractivity contribution in [3.63, 3.8) is 0 Å². The fourth-order valence-electron chi connectivity index (χ4n) is 2.79. The number of nitrogens with zero attached hydrogens (tertiary/aromatic N) is 2. The molecule has 138 valence electrons. The molecule has 0 radical (unpaired) electrons. The molecule has 1 N–H and O–H groups in total. The summed E-state index contributed by atoms with van der Waals surface area (Å²) in [6, 6.07) is 3.72. The van der Waals surface area contributed by atoms with E-state index in [4.69, 9.17) is 4.74 Å². The average molecular weight is 353 g/mol. The number of ether oxygens (including phenoxy) is 1. The molecule has 8 heteroatoms. The maximum atomic E-state index is 14.1. The summed E-state index contributed by atoms with van der Waals surface area (Å²) < 4.78 is 19.3. The lowest BCUT2D eigenvalue weighted by Crippen LogP contribution is -2.40. The van der Waals surface area contributed by atoms with Crippen molar-refractivity contribution in [1.29, 1.82) is 0 Å². The van der Waals surface area contributed by atoms with E-state index < -0.39 is 22.4 Å². The van der Waals surface area contributed by atoms with E-state index in [-0.39, 0.29) is 5.69 Å². The molecule has 2 rings (SSSR count). The van der Waals surface area contributed by atoms with Crippen molar-refractivity contribution in [3.8, 4) is 0 Å². The third-order valence-corrected chi connectivity index (χ3v) is 4.03. The van der Waals surface area contributed by atoms with Gasteiger partial charge in [0, 0.05) is 25.7 Å². The van der Waals surface area contributed by atoms with E-state index in [2.05, 4.69) is 5.32 Å². The summed E-state index contributed by atoms with van der Waals surface area (Å²) in [6.45, 7) is 7.22. The van der Waals surface area contributed by atoms with Crippen LogP contribution in [-0.4, -0.2) is 36.3 Å². The van der Waals surface area contributed by atoms with Crippen LogP contribution in [0.4, 0.5) is 20.6 Å². The number of benzene rings is 1. The summed E-state index contributed by atoms with van der Waals surface area (Å²) in [7, 11) is 0. The van der Waals surface area contributed by atoms with E-state index in [1.54, 1.807) is 0 Å². The molecule has 1 aliphatic heterocycles. The van der Waals surface area contributed by atoms with Gasteiger partial charge in [-0.05, 0) is 45.6 Å². The van der Waals surface area contributed by atoms with Gasteiger partial charge >= 0.3 is 6.09 Å². The lowest BCUT2D eigenvalue weighted by atomic mass is 9.96. The molecule has 0 saturated carbocycles. The zero-order chi connectivity index (χ0) is 18.6. The average Bonchev–Trinajstić information content (AvgIpc) is 2.52. The minimum atomic E-state index is -0.610. The number of hydrogen-bond acceptors (Lipinski definition) is 5. The maximum absolute atomic E-state index is 14.1. The van der Waals surface area contributed by atoms with Gasteiger partial charge in [-0.3, -0.25) is 10.1 Å². The normalized spacial score (nSPS) is 15.8. The number of rotatable bonds is 4. The van der Waals surface area contributed by atoms with Gasteiger partial charge in [-0.15, -0.1) is 0 Å². The molecular weight excluding hydrogens is 329 g/mol. The SMILES string of the molecule is CC(C)(C)OC(=O)NCC1CCN(c2ccc([N+](=O)[O-])cc2F)CC1. The summed E-state index contributed by atoms with van der Waals surface area (Å²) in [6.07, 6.45) is 1.16. The summed E-state index contributed by atoms with van der Waals surface area (Å²) in [5.41, 5.74) is -0.400. The highest BCUT2D eigenvalue weighted by Crippen LogP contribution is 2.28. The van der Waals surface area contributed by atoms with Crippen molar-refractivity contribution in [3.05, 3.63) is 34.1 Å². The number of nitrogens with one attached hydrogen (secondary N) is 1. The Balaban J connectivity index is 1.84. The smallest absolute Gasteiger partial charge is 0.407 e. The van der Waals surface area contributed by atoms with Crippen LogP contribution >= 0.6 is 0 Å². The van der Waals surface area contributed by atoms with Gasteiger partial charge in [0.2, 0.25) is 0 Å². The first-order valence-corrected chi connectivity index (χ1v) is 8.31. The zero-order valence-electron chi connectivity index (χ0n) is 14.8. The van der Waals surface area contributed by atoms with Crippen molar-refractivity contribution in [2.75, 3.05) is 24.5 Å². The Bertz CT molecular complexity index is 637. The Kier molecular flexibility index (Phi) is 5.81. The van der Waals surface area contributed by atoms with Gasteiger partial charge < -0.3 is 15.0 Å². The minimum Gasteiger partial charge on any atom is -0.444 e. The van der Waals surface area contributed by atoms with E-state index in [9.17, 15) is 19.3 Å². The number of amides is 1. The molecule has 1 aliphatic rings. The summed E-state index contributed by atoms with van der Waals surface area (Å²) >= 11 is 0. The fraction of sp³-hybridized carbons (Fsp3) is 0.588. The number of alkyl carbamates (subject to hydrolysis) is 1. The predicted octanol–water partition coefficient (Wildman–Crippen LogP) is 3.48. The highest BCUT2D eigenvalue weighted by atomic mass is 19.1. The van der Waals surface area contributed by atoms with Crippen LogP contribution in [-0.2, 0) is 4.74 Å². The summed E-state index contributed by atoms with van der Waals surface area (Å²) in [4.78, 5) is 23.6. The van der Waals surface area contributed by atoms with Crippen molar-refractivity contribution in [1.82, 2.24) is 5.32 Å². The van der Waals surface area contributed by atoms with Crippen LogP contribution in [0.15, 0.2) is 18.2 Å². The standard InChI is InChI=1S/C17H24FN3O4/c1-17(2,3)25-16(22)19-11-12-6-8-20(9-7-12)15-5-4-13(21(23)24)10-14(15)18/h4-5,10,12H,6-9,11H2,1-3H3,(H,19,22). The van der Waals surface area contributed by atoms with Crippen molar-refractivity contribution < 1.29 is 18.8 Å². The summed E-state index contributed by atoms with van der Waals surface area (Å²) in [5.74, 6) is -0.288. The minimum absolute atomic E-state index is 0.252. The zero-order valence-corrected chi connectivity index (χ0v) is 14.8. The molecule has 0 aliphatic carbocycles. The van der Waals surface area contributed by atoms with Crippen molar-refractivity contribution in [2.45, 2.75) is 39.2 Å². The van der Waals surface area contributed by atoms with Crippen LogP contribution in [0.3, 0.4) is 0 Å². The monoisotopic (exact) mass is 353 g/mol. The molecule has 1 aromatic rings. The summed E-state index contributed by atoms with van der Waals surface area (Å²) in [5, 5.41) is 13.4. The third-order valence-electron chi connectivity index (χ3n) is 4.03. The third kappa shape index (κ3) is 5.58. The molecule has 0 aromatic heterocycles. The van der Waals surface area contributed by atoms with Crippen LogP contribution in [0.1, 0.15) is 33.6 Å². The number of anilines is 1. The number of nitro benzene ring substituents is 1. The second-order valence-electron chi connectivity index (χ2n) is 7.21. The van der Waals surface area contributed by atoms with Crippen molar-refractivity contribution >= 4 is 17.5 Å². The molecule has 0 unspecified atom stereocenters. The highest BCUT2D eigenvalue weighted by molar-refractivity contribution is 5.67. The lowest BCUT2D eigenvalue weighted by Gasteiger charge is -2.33. The van der Waals surface area contributed by atoms with E-state index >= 15 is 0 Å². The van der Waals surface area contributed by atoms with Crippen LogP contribution in [0.5, 0.6) is 0 Å². The number of piperidine rings is 1. The molecule has 1 saturated heterocycles. The topological polar surface area (TPSA) is 84.7 Å². The molecule has 0 spiro atoms. The van der Waals surface area contributed by atoms with Gasteiger partial charge in [-0.25, -0.2) is 9.18 Å². The molecular formula is C17H24FN3O4. The van der Waals surface area contributed by atoms with E-state index in [1.807, 2.05) is 25.7 Å². The molecule has 7 nitrogen and oxygen atoms in total.